The number of carboxylic acids is 1. The third kappa shape index (κ3) is 11.9. The van der Waals surface area contributed by atoms with Gasteiger partial charge in [-0.3, -0.25) is 0 Å². The summed E-state index contributed by atoms with van der Waals surface area (Å²) >= 11 is 0. The van der Waals surface area contributed by atoms with E-state index < -0.39 is 5.97 Å². The molecule has 4 heteroatoms. The maximum absolute atomic E-state index is 10.9. The second kappa shape index (κ2) is 16.3. The van der Waals surface area contributed by atoms with Crippen molar-refractivity contribution in [3.8, 4) is 5.75 Å². The van der Waals surface area contributed by atoms with Crippen molar-refractivity contribution in [2.75, 3.05) is 13.2 Å². The summed E-state index contributed by atoms with van der Waals surface area (Å²) in [5.41, 5.74) is 5.45. The van der Waals surface area contributed by atoms with Crippen LogP contribution in [0.15, 0.2) is 24.3 Å². The minimum Gasteiger partial charge on any atom is -0.493 e. The molecule has 24 heavy (non-hydrogen) atoms. The Hall–Kier alpha value is -1.55. The number of nitrogens with two attached hydrogens (primary N) is 1. The Kier molecular flexibility index (Phi) is 15.3. The Morgan fingerprint density at radius 3 is 2.12 bits per heavy atom. The maximum atomic E-state index is 10.9. The van der Waals surface area contributed by atoms with Crippen molar-refractivity contribution in [3.05, 3.63) is 29.8 Å². The van der Waals surface area contributed by atoms with Crippen LogP contribution in [0.4, 0.5) is 0 Å². The fraction of sp³-hybridized carbons (Fsp3) is 0.650. The highest BCUT2D eigenvalue weighted by atomic mass is 16.5. The van der Waals surface area contributed by atoms with Gasteiger partial charge in [0.1, 0.15) is 11.3 Å². The van der Waals surface area contributed by atoms with Gasteiger partial charge in [0.2, 0.25) is 0 Å². The lowest BCUT2D eigenvalue weighted by atomic mass is 10.1. The van der Waals surface area contributed by atoms with Crippen molar-refractivity contribution in [1.29, 1.82) is 0 Å². The summed E-state index contributed by atoms with van der Waals surface area (Å²) in [4.78, 5) is 10.9. The van der Waals surface area contributed by atoms with Gasteiger partial charge in [0.25, 0.3) is 0 Å². The van der Waals surface area contributed by atoms with Crippen LogP contribution in [-0.2, 0) is 0 Å². The second-order valence-electron chi connectivity index (χ2n) is 5.91. The molecule has 0 heterocycles. The molecule has 0 fully saturated rings. The van der Waals surface area contributed by atoms with Crippen molar-refractivity contribution in [1.82, 2.24) is 0 Å². The highest BCUT2D eigenvalue weighted by Crippen LogP contribution is 2.18. The van der Waals surface area contributed by atoms with Gasteiger partial charge in [-0.2, -0.15) is 0 Å². The molecule has 0 aliphatic heterocycles. The van der Waals surface area contributed by atoms with Crippen LogP contribution < -0.4 is 10.5 Å². The molecular weight excluding hydrogens is 302 g/mol. The van der Waals surface area contributed by atoms with Crippen molar-refractivity contribution in [2.24, 2.45) is 5.73 Å². The van der Waals surface area contributed by atoms with Crippen LogP contribution in [0.1, 0.15) is 82.0 Å². The SMILES string of the molecule is CCCCCCCCOc1ccccc1C(=O)O.CCCCCN. The first-order valence-electron chi connectivity index (χ1n) is 9.32. The third-order valence-electron chi connectivity index (χ3n) is 3.68. The predicted molar refractivity (Wildman–Crippen MR) is 101 cm³/mol. The average molecular weight is 338 g/mol. The Labute approximate surface area is 147 Å². The molecule has 0 unspecified atom stereocenters. The summed E-state index contributed by atoms with van der Waals surface area (Å²) in [6, 6.07) is 6.78. The first-order chi connectivity index (χ1) is 11.7. The first kappa shape index (κ1) is 22.4. The fourth-order valence-corrected chi connectivity index (χ4v) is 2.23. The van der Waals surface area contributed by atoms with Crippen LogP contribution in [0, 0.1) is 0 Å². The number of rotatable bonds is 12. The van der Waals surface area contributed by atoms with Crippen molar-refractivity contribution < 1.29 is 14.6 Å². The fourth-order valence-electron chi connectivity index (χ4n) is 2.23. The molecule has 0 aliphatic carbocycles. The molecule has 0 amide bonds. The largest absolute Gasteiger partial charge is 0.493 e. The summed E-state index contributed by atoms with van der Waals surface area (Å²) < 4.78 is 5.52. The van der Waals surface area contributed by atoms with E-state index in [2.05, 4.69) is 13.8 Å². The summed E-state index contributed by atoms with van der Waals surface area (Å²) in [6.07, 6.45) is 10.9. The average Bonchev–Trinajstić information content (AvgIpc) is 2.60. The van der Waals surface area contributed by atoms with Crippen molar-refractivity contribution >= 4 is 5.97 Å². The van der Waals surface area contributed by atoms with E-state index in [-0.39, 0.29) is 5.56 Å². The molecule has 1 rings (SSSR count). The molecule has 0 bridgehead atoms. The van der Waals surface area contributed by atoms with Crippen LogP contribution >= 0.6 is 0 Å². The van der Waals surface area contributed by atoms with E-state index in [4.69, 9.17) is 15.6 Å². The van der Waals surface area contributed by atoms with Gasteiger partial charge in [-0.15, -0.1) is 0 Å². The van der Waals surface area contributed by atoms with Crippen molar-refractivity contribution in [2.45, 2.75) is 71.6 Å². The summed E-state index contributed by atoms with van der Waals surface area (Å²) in [5.74, 6) is -0.466. The number of para-hydroxylation sites is 1. The van der Waals surface area contributed by atoms with Crippen molar-refractivity contribution in [3.63, 3.8) is 0 Å². The summed E-state index contributed by atoms with van der Waals surface area (Å²) in [5, 5.41) is 8.99. The molecule has 0 saturated heterocycles. The molecule has 4 nitrogen and oxygen atoms in total. The zero-order valence-corrected chi connectivity index (χ0v) is 15.4. The van der Waals surface area contributed by atoms with Gasteiger partial charge in [-0.1, -0.05) is 70.9 Å². The Bertz CT molecular complexity index is 417. The molecule has 3 N–H and O–H groups in total. The topological polar surface area (TPSA) is 72.5 Å². The van der Waals surface area contributed by atoms with E-state index in [1.165, 1.54) is 44.9 Å². The monoisotopic (exact) mass is 337 g/mol. The number of hydrogen-bond donors (Lipinski definition) is 2. The standard InChI is InChI=1S/C15H22O3.C5H13N/c1-2-3-4-5-6-9-12-18-14-11-8-7-10-13(14)15(16)17;1-2-3-4-5-6/h7-8,10-11H,2-6,9,12H2,1H3,(H,16,17);2-6H2,1H3. The molecule has 0 spiro atoms. The van der Waals surface area contributed by atoms with Gasteiger partial charge in [0, 0.05) is 0 Å². The Balaban J connectivity index is 0.000000754. The minimum absolute atomic E-state index is 0.239. The molecule has 0 saturated carbocycles. The second-order valence-corrected chi connectivity index (χ2v) is 5.91. The lowest BCUT2D eigenvalue weighted by Gasteiger charge is -2.08. The van der Waals surface area contributed by atoms with E-state index in [0.717, 1.165) is 19.4 Å². The van der Waals surface area contributed by atoms with Gasteiger partial charge in [-0.25, -0.2) is 4.79 Å². The van der Waals surface area contributed by atoms with Crippen LogP contribution in [0.25, 0.3) is 0 Å². The molecule has 0 radical (unpaired) electrons. The van der Waals surface area contributed by atoms with Gasteiger partial charge in [0.05, 0.1) is 6.61 Å². The van der Waals surface area contributed by atoms with E-state index in [0.29, 0.717) is 12.4 Å². The van der Waals surface area contributed by atoms with Crippen LogP contribution in [-0.4, -0.2) is 24.2 Å². The predicted octanol–water partition coefficient (Wildman–Crippen LogP) is 5.26. The number of carbonyl (C=O) groups is 1. The number of carboxylic acid groups (broad SMARTS) is 1. The Morgan fingerprint density at radius 2 is 1.54 bits per heavy atom. The third-order valence-corrected chi connectivity index (χ3v) is 3.68. The minimum atomic E-state index is -0.937. The quantitative estimate of drug-likeness (QED) is 0.510. The number of unbranched alkanes of at least 4 members (excludes halogenated alkanes) is 7. The van der Waals surface area contributed by atoms with Gasteiger partial charge in [-0.05, 0) is 31.5 Å². The van der Waals surface area contributed by atoms with Gasteiger partial charge >= 0.3 is 5.97 Å². The van der Waals surface area contributed by atoms with E-state index in [1.54, 1.807) is 24.3 Å². The maximum Gasteiger partial charge on any atom is 0.339 e. The van der Waals surface area contributed by atoms with Gasteiger partial charge in [0.15, 0.2) is 0 Å². The number of aromatic carboxylic acids is 1. The van der Waals surface area contributed by atoms with E-state index in [9.17, 15) is 4.79 Å². The summed E-state index contributed by atoms with van der Waals surface area (Å²) in [7, 11) is 0. The van der Waals surface area contributed by atoms with Crippen LogP contribution in [0.2, 0.25) is 0 Å². The normalized spacial score (nSPS) is 9.96. The lowest BCUT2D eigenvalue weighted by molar-refractivity contribution is 0.0692. The smallest absolute Gasteiger partial charge is 0.339 e. The molecule has 1 aromatic rings. The van der Waals surface area contributed by atoms with E-state index in [1.807, 2.05) is 0 Å². The molecule has 0 aliphatic rings. The highest BCUT2D eigenvalue weighted by molar-refractivity contribution is 5.90. The molecule has 138 valence electrons. The number of benzene rings is 1. The Morgan fingerprint density at radius 1 is 0.958 bits per heavy atom. The zero-order valence-electron chi connectivity index (χ0n) is 15.4. The molecule has 0 aromatic heterocycles. The number of ether oxygens (including phenoxy) is 1. The number of hydrogen-bond acceptors (Lipinski definition) is 3. The van der Waals surface area contributed by atoms with Crippen LogP contribution in [0.5, 0.6) is 5.75 Å². The lowest BCUT2D eigenvalue weighted by Crippen LogP contribution is -2.04. The summed E-state index contributed by atoms with van der Waals surface area (Å²) in [6.45, 7) is 5.83. The van der Waals surface area contributed by atoms with E-state index >= 15 is 0 Å². The zero-order chi connectivity index (χ0) is 18.0. The first-order valence-corrected chi connectivity index (χ1v) is 9.32. The van der Waals surface area contributed by atoms with Gasteiger partial charge < -0.3 is 15.6 Å². The highest BCUT2D eigenvalue weighted by Gasteiger charge is 2.09. The molecule has 0 atom stereocenters. The molecule has 1 aromatic carbocycles. The van der Waals surface area contributed by atoms with Crippen LogP contribution in [0.3, 0.4) is 0 Å². The molecular formula is C20H35NO3.